The number of hydrogen-bond acceptors (Lipinski definition) is 4. The van der Waals surface area contributed by atoms with Crippen molar-refractivity contribution in [1.29, 1.82) is 0 Å². The van der Waals surface area contributed by atoms with E-state index in [1.165, 1.54) is 0 Å². The summed E-state index contributed by atoms with van der Waals surface area (Å²) < 4.78 is 11.5. The van der Waals surface area contributed by atoms with Crippen molar-refractivity contribution in [3.05, 3.63) is 26.6 Å². The first kappa shape index (κ1) is 14.5. The average molecular weight is 367 g/mol. The lowest BCUT2D eigenvalue weighted by atomic mass is 10.2. The van der Waals surface area contributed by atoms with Gasteiger partial charge in [-0.3, -0.25) is 0 Å². The number of ether oxygens (including phenoxy) is 2. The fourth-order valence-electron chi connectivity index (χ4n) is 1.27. The van der Waals surface area contributed by atoms with Crippen molar-refractivity contribution in [2.45, 2.75) is 13.0 Å². The first-order valence-electron chi connectivity index (χ1n) is 4.90. The van der Waals surface area contributed by atoms with E-state index in [2.05, 4.69) is 31.9 Å². The summed E-state index contributed by atoms with van der Waals surface area (Å²) in [4.78, 5) is 11.9. The highest BCUT2D eigenvalue weighted by Gasteiger charge is 2.17. The predicted molar refractivity (Wildman–Crippen MR) is 73.0 cm³/mol. The normalized spacial score (nSPS) is 12.2. The summed E-state index contributed by atoms with van der Waals surface area (Å²) in [5.74, 6) is -0.464. The predicted octanol–water partition coefficient (Wildman–Crippen LogP) is 2.99. The van der Waals surface area contributed by atoms with Gasteiger partial charge in [-0.25, -0.2) is 4.79 Å². The van der Waals surface area contributed by atoms with Gasteiger partial charge in [0.1, 0.15) is 6.10 Å². The van der Waals surface area contributed by atoms with Crippen LogP contribution in [0.15, 0.2) is 21.1 Å². The maximum Gasteiger partial charge on any atom is 0.340 e. The molecular weight excluding hydrogens is 354 g/mol. The number of carbonyl (C=O) groups is 1. The molecule has 17 heavy (non-hydrogen) atoms. The number of nitrogen functional groups attached to an aromatic ring is 1. The number of benzene rings is 1. The number of halogens is 2. The van der Waals surface area contributed by atoms with E-state index in [9.17, 15) is 4.79 Å². The quantitative estimate of drug-likeness (QED) is 0.657. The smallest absolute Gasteiger partial charge is 0.340 e. The molecule has 4 nitrogen and oxygen atoms in total. The molecule has 0 radical (unpaired) electrons. The number of nitrogens with two attached hydrogens (primary N) is 1. The van der Waals surface area contributed by atoms with E-state index in [4.69, 9.17) is 15.2 Å². The Kier molecular flexibility index (Phi) is 5.42. The van der Waals surface area contributed by atoms with Gasteiger partial charge in [-0.1, -0.05) is 15.9 Å². The average Bonchev–Trinajstić information content (AvgIpc) is 2.23. The maximum atomic E-state index is 11.9. The number of hydrogen-bond donors (Lipinski definition) is 1. The van der Waals surface area contributed by atoms with Gasteiger partial charge in [0.25, 0.3) is 0 Å². The monoisotopic (exact) mass is 365 g/mol. The summed E-state index contributed by atoms with van der Waals surface area (Å²) in [6.45, 7) is 2.10. The zero-order valence-corrected chi connectivity index (χ0v) is 12.7. The van der Waals surface area contributed by atoms with E-state index >= 15 is 0 Å². The Morgan fingerprint density at radius 3 is 2.71 bits per heavy atom. The molecule has 1 rings (SSSR count). The van der Waals surface area contributed by atoms with Crippen LogP contribution >= 0.6 is 31.9 Å². The molecule has 6 heteroatoms. The van der Waals surface area contributed by atoms with Crippen LogP contribution < -0.4 is 5.73 Å². The third-order valence-electron chi connectivity index (χ3n) is 2.02. The van der Waals surface area contributed by atoms with E-state index in [1.807, 2.05) is 0 Å². The third kappa shape index (κ3) is 3.97. The molecule has 0 spiro atoms. The van der Waals surface area contributed by atoms with Gasteiger partial charge in [0.05, 0.1) is 17.9 Å². The fraction of sp³-hybridized carbons (Fsp3) is 0.364. The molecule has 0 saturated carbocycles. The van der Waals surface area contributed by atoms with Crippen molar-refractivity contribution in [1.82, 2.24) is 0 Å². The van der Waals surface area contributed by atoms with E-state index in [0.29, 0.717) is 22.3 Å². The van der Waals surface area contributed by atoms with Crippen molar-refractivity contribution >= 4 is 43.5 Å². The topological polar surface area (TPSA) is 61.5 Å². The molecule has 1 aromatic rings. The minimum atomic E-state index is -0.464. The molecule has 2 N–H and O–H groups in total. The van der Waals surface area contributed by atoms with Crippen LogP contribution in [0, 0.1) is 0 Å². The third-order valence-corrected chi connectivity index (χ3v) is 3.14. The lowest BCUT2D eigenvalue weighted by Gasteiger charge is -2.14. The maximum absolute atomic E-state index is 11.9. The Balaban J connectivity index is 2.89. The van der Waals surface area contributed by atoms with Gasteiger partial charge >= 0.3 is 5.97 Å². The van der Waals surface area contributed by atoms with Gasteiger partial charge in [0.2, 0.25) is 0 Å². The van der Waals surface area contributed by atoms with Gasteiger partial charge in [0, 0.05) is 16.1 Å². The summed E-state index contributed by atoms with van der Waals surface area (Å²) in [7, 11) is 1.55. The second kappa shape index (κ2) is 6.37. The zero-order chi connectivity index (χ0) is 13.0. The number of rotatable bonds is 4. The second-order valence-corrected chi connectivity index (χ2v) is 5.29. The molecule has 0 saturated heterocycles. The number of carbonyl (C=O) groups excluding carboxylic acids is 1. The van der Waals surface area contributed by atoms with Gasteiger partial charge in [0.15, 0.2) is 0 Å². The Hall–Kier alpha value is -0.590. The Morgan fingerprint density at radius 1 is 1.47 bits per heavy atom. The highest BCUT2D eigenvalue weighted by Crippen LogP contribution is 2.28. The van der Waals surface area contributed by atoms with Gasteiger partial charge in [-0.15, -0.1) is 0 Å². The Bertz CT molecular complexity index is 423. The van der Waals surface area contributed by atoms with Crippen LogP contribution in [0.25, 0.3) is 0 Å². The molecular formula is C11H13Br2NO3. The number of methoxy groups -OCH3 is 1. The van der Waals surface area contributed by atoms with Crippen LogP contribution in [0.3, 0.4) is 0 Å². The van der Waals surface area contributed by atoms with Crippen LogP contribution in [0.4, 0.5) is 5.69 Å². The van der Waals surface area contributed by atoms with Crippen LogP contribution in [-0.2, 0) is 9.47 Å². The zero-order valence-electron chi connectivity index (χ0n) is 9.50. The molecule has 0 aliphatic carbocycles. The molecule has 0 aromatic heterocycles. The largest absolute Gasteiger partial charge is 0.457 e. The van der Waals surface area contributed by atoms with Crippen LogP contribution in [0.1, 0.15) is 17.3 Å². The first-order chi connectivity index (χ1) is 7.95. The summed E-state index contributed by atoms with van der Waals surface area (Å²) in [6.07, 6.45) is -0.315. The van der Waals surface area contributed by atoms with Crippen molar-refractivity contribution in [2.24, 2.45) is 0 Å². The van der Waals surface area contributed by atoms with Crippen molar-refractivity contribution in [3.63, 3.8) is 0 Å². The van der Waals surface area contributed by atoms with E-state index < -0.39 is 5.97 Å². The Morgan fingerprint density at radius 2 is 2.12 bits per heavy atom. The standard InChI is InChI=1S/C11H13Br2NO3/c1-6(5-16-2)17-11(15)8-3-7(12)4-9(13)10(8)14/h3-4,6H,5,14H2,1-2H3. The summed E-state index contributed by atoms with van der Waals surface area (Å²) >= 11 is 6.57. The van der Waals surface area contributed by atoms with Gasteiger partial charge in [-0.2, -0.15) is 0 Å². The molecule has 0 heterocycles. The van der Waals surface area contributed by atoms with E-state index in [0.717, 1.165) is 4.47 Å². The van der Waals surface area contributed by atoms with Gasteiger partial charge < -0.3 is 15.2 Å². The van der Waals surface area contributed by atoms with Crippen LogP contribution in [0.5, 0.6) is 0 Å². The molecule has 1 aromatic carbocycles. The molecule has 0 bridgehead atoms. The summed E-state index contributed by atoms with van der Waals surface area (Å²) in [6, 6.07) is 3.40. The molecule has 1 unspecified atom stereocenters. The number of anilines is 1. The van der Waals surface area contributed by atoms with Crippen LogP contribution in [-0.4, -0.2) is 25.8 Å². The van der Waals surface area contributed by atoms with Crippen molar-refractivity contribution in [3.8, 4) is 0 Å². The molecule has 0 amide bonds. The SMILES string of the molecule is COCC(C)OC(=O)c1cc(Br)cc(Br)c1N. The Labute approximate surface area is 117 Å². The molecule has 0 fully saturated rings. The lowest BCUT2D eigenvalue weighted by Crippen LogP contribution is -2.20. The first-order valence-corrected chi connectivity index (χ1v) is 6.48. The number of esters is 1. The highest BCUT2D eigenvalue weighted by atomic mass is 79.9. The second-order valence-electron chi connectivity index (χ2n) is 3.52. The van der Waals surface area contributed by atoms with E-state index in [-0.39, 0.29) is 6.10 Å². The molecule has 94 valence electrons. The summed E-state index contributed by atoms with van der Waals surface area (Å²) in [5, 5.41) is 0. The van der Waals surface area contributed by atoms with Crippen LogP contribution in [0.2, 0.25) is 0 Å². The lowest BCUT2D eigenvalue weighted by molar-refractivity contribution is 0.0121. The van der Waals surface area contributed by atoms with Crippen molar-refractivity contribution in [2.75, 3.05) is 19.5 Å². The highest BCUT2D eigenvalue weighted by molar-refractivity contribution is 9.11. The molecule has 0 aliphatic rings. The van der Waals surface area contributed by atoms with Crippen molar-refractivity contribution < 1.29 is 14.3 Å². The van der Waals surface area contributed by atoms with Gasteiger partial charge in [-0.05, 0) is 35.0 Å². The molecule has 0 aliphatic heterocycles. The van der Waals surface area contributed by atoms with E-state index in [1.54, 1.807) is 26.2 Å². The minimum absolute atomic E-state index is 0.315. The fourth-order valence-corrected chi connectivity index (χ4v) is 2.49. The minimum Gasteiger partial charge on any atom is -0.457 e. The molecule has 1 atom stereocenters. The summed E-state index contributed by atoms with van der Waals surface area (Å²) in [5.41, 5.74) is 6.49.